The van der Waals surface area contributed by atoms with Crippen molar-refractivity contribution < 1.29 is 5.11 Å². The van der Waals surface area contributed by atoms with E-state index in [-0.39, 0.29) is 6.04 Å². The van der Waals surface area contributed by atoms with Crippen LogP contribution in [-0.4, -0.2) is 16.1 Å². The third-order valence-corrected chi connectivity index (χ3v) is 3.35. The van der Waals surface area contributed by atoms with E-state index in [2.05, 4.69) is 4.98 Å². The van der Waals surface area contributed by atoms with Crippen LogP contribution in [0.15, 0.2) is 42.0 Å². The Hall–Kier alpha value is -1.23. The summed E-state index contributed by atoms with van der Waals surface area (Å²) in [6, 6.07) is 7.37. The molecule has 2 aromatic rings. The number of aliphatic hydroxyl groups excluding tert-OH is 1. The lowest BCUT2D eigenvalue weighted by Crippen LogP contribution is -2.30. The van der Waals surface area contributed by atoms with E-state index in [0.29, 0.717) is 6.42 Å². The summed E-state index contributed by atoms with van der Waals surface area (Å²) in [6.07, 6.45) is 3.36. The molecule has 2 atom stereocenters. The highest BCUT2D eigenvalue weighted by atomic mass is 32.1. The van der Waals surface area contributed by atoms with Crippen LogP contribution in [0.1, 0.15) is 16.5 Å². The van der Waals surface area contributed by atoms with Crippen LogP contribution < -0.4 is 5.73 Å². The molecule has 2 heterocycles. The van der Waals surface area contributed by atoms with Gasteiger partial charge in [-0.15, -0.1) is 11.3 Å². The molecule has 0 aromatic carbocycles. The summed E-state index contributed by atoms with van der Waals surface area (Å²) in [7, 11) is 0. The Morgan fingerprint density at radius 3 is 2.88 bits per heavy atom. The van der Waals surface area contributed by atoms with Gasteiger partial charge in [-0.05, 0) is 23.9 Å². The molecule has 2 unspecified atom stereocenters. The van der Waals surface area contributed by atoms with E-state index in [1.165, 1.54) is 4.88 Å². The maximum Gasteiger partial charge on any atom is 0.0959 e. The van der Waals surface area contributed by atoms with Gasteiger partial charge in [-0.2, -0.15) is 0 Å². The van der Waals surface area contributed by atoms with Crippen molar-refractivity contribution in [1.29, 1.82) is 0 Å². The molecule has 4 heteroatoms. The fraction of sp³-hybridized carbons (Fsp3) is 0.250. The highest BCUT2D eigenvalue weighted by molar-refractivity contribution is 7.09. The van der Waals surface area contributed by atoms with Gasteiger partial charge in [0.15, 0.2) is 0 Å². The number of rotatable bonds is 4. The Labute approximate surface area is 98.6 Å². The van der Waals surface area contributed by atoms with Gasteiger partial charge in [-0.1, -0.05) is 12.1 Å². The number of nitrogens with two attached hydrogens (primary N) is 1. The highest BCUT2D eigenvalue weighted by Gasteiger charge is 2.17. The summed E-state index contributed by atoms with van der Waals surface area (Å²) in [4.78, 5) is 5.16. The first-order valence-corrected chi connectivity index (χ1v) is 6.01. The molecule has 0 aliphatic heterocycles. The summed E-state index contributed by atoms with van der Waals surface area (Å²) >= 11 is 1.66. The molecular weight excluding hydrogens is 220 g/mol. The van der Waals surface area contributed by atoms with Crippen LogP contribution in [-0.2, 0) is 6.42 Å². The quantitative estimate of drug-likeness (QED) is 0.847. The number of aromatic nitrogens is 1. The van der Waals surface area contributed by atoms with Crippen LogP contribution in [0.5, 0.6) is 0 Å². The topological polar surface area (TPSA) is 59.1 Å². The van der Waals surface area contributed by atoms with Crippen molar-refractivity contribution in [3.05, 3.63) is 52.5 Å². The predicted octanol–water partition coefficient (Wildman–Crippen LogP) is 1.75. The minimum atomic E-state index is -0.657. The van der Waals surface area contributed by atoms with Crippen molar-refractivity contribution >= 4 is 11.3 Å². The van der Waals surface area contributed by atoms with E-state index in [9.17, 15) is 5.11 Å². The lowest BCUT2D eigenvalue weighted by atomic mass is 10.0. The summed E-state index contributed by atoms with van der Waals surface area (Å²) in [5.74, 6) is 0. The maximum absolute atomic E-state index is 10.0. The number of thiophene rings is 1. The minimum absolute atomic E-state index is 0.289. The molecule has 3 nitrogen and oxygen atoms in total. The molecular formula is C12H14N2OS. The van der Waals surface area contributed by atoms with Gasteiger partial charge in [-0.25, -0.2) is 0 Å². The zero-order chi connectivity index (χ0) is 11.4. The number of aliphatic hydroxyl groups is 1. The summed E-state index contributed by atoms with van der Waals surface area (Å²) in [5.41, 5.74) is 6.74. The lowest BCUT2D eigenvalue weighted by molar-refractivity contribution is 0.146. The Morgan fingerprint density at radius 1 is 1.38 bits per heavy atom. The van der Waals surface area contributed by atoms with Gasteiger partial charge in [0.2, 0.25) is 0 Å². The second-order valence-corrected chi connectivity index (χ2v) is 4.71. The van der Waals surface area contributed by atoms with Gasteiger partial charge in [-0.3, -0.25) is 4.98 Å². The van der Waals surface area contributed by atoms with Gasteiger partial charge < -0.3 is 10.8 Å². The van der Waals surface area contributed by atoms with Gasteiger partial charge in [0, 0.05) is 28.9 Å². The SMILES string of the molecule is NC(Cc1cccs1)C(O)c1cccnc1. The van der Waals surface area contributed by atoms with Gasteiger partial charge in [0.1, 0.15) is 0 Å². The smallest absolute Gasteiger partial charge is 0.0959 e. The summed E-state index contributed by atoms with van der Waals surface area (Å²) in [6.45, 7) is 0. The van der Waals surface area contributed by atoms with E-state index in [1.807, 2.05) is 23.6 Å². The highest BCUT2D eigenvalue weighted by Crippen LogP contribution is 2.19. The zero-order valence-electron chi connectivity index (χ0n) is 8.78. The van der Waals surface area contributed by atoms with E-state index in [4.69, 9.17) is 5.73 Å². The molecule has 16 heavy (non-hydrogen) atoms. The average Bonchev–Trinajstić information content (AvgIpc) is 2.82. The molecule has 0 radical (unpaired) electrons. The van der Waals surface area contributed by atoms with Gasteiger partial charge in [0.25, 0.3) is 0 Å². The fourth-order valence-electron chi connectivity index (χ4n) is 1.57. The normalized spacial score (nSPS) is 14.6. The lowest BCUT2D eigenvalue weighted by Gasteiger charge is -2.18. The van der Waals surface area contributed by atoms with Crippen molar-refractivity contribution in [2.75, 3.05) is 0 Å². The first-order valence-electron chi connectivity index (χ1n) is 5.13. The molecule has 0 saturated heterocycles. The summed E-state index contributed by atoms with van der Waals surface area (Å²) < 4.78 is 0. The minimum Gasteiger partial charge on any atom is -0.387 e. The van der Waals surface area contributed by atoms with E-state index in [1.54, 1.807) is 29.8 Å². The molecule has 0 spiro atoms. The Kier molecular flexibility index (Phi) is 3.66. The Bertz CT molecular complexity index is 416. The molecule has 0 amide bonds. The standard InChI is InChI=1S/C12H14N2OS/c13-11(7-10-4-2-6-16-10)12(15)9-3-1-5-14-8-9/h1-6,8,11-12,15H,7,13H2. The largest absolute Gasteiger partial charge is 0.387 e. The third-order valence-electron chi connectivity index (χ3n) is 2.45. The third kappa shape index (κ3) is 2.66. The zero-order valence-corrected chi connectivity index (χ0v) is 9.60. The van der Waals surface area contributed by atoms with Crippen LogP contribution in [0.3, 0.4) is 0 Å². The van der Waals surface area contributed by atoms with Crippen LogP contribution in [0.4, 0.5) is 0 Å². The molecule has 3 N–H and O–H groups in total. The predicted molar refractivity (Wildman–Crippen MR) is 65.2 cm³/mol. The molecule has 0 fully saturated rings. The van der Waals surface area contributed by atoms with Crippen molar-refractivity contribution in [3.8, 4) is 0 Å². The molecule has 0 aliphatic carbocycles. The van der Waals surface area contributed by atoms with E-state index >= 15 is 0 Å². The molecule has 0 aliphatic rings. The van der Waals surface area contributed by atoms with Crippen molar-refractivity contribution in [3.63, 3.8) is 0 Å². The first-order chi connectivity index (χ1) is 7.77. The van der Waals surface area contributed by atoms with Crippen LogP contribution >= 0.6 is 11.3 Å². The number of hydrogen-bond donors (Lipinski definition) is 2. The Balaban J connectivity index is 2.02. The molecule has 0 saturated carbocycles. The average molecular weight is 234 g/mol. The number of hydrogen-bond acceptors (Lipinski definition) is 4. The van der Waals surface area contributed by atoms with Crippen LogP contribution in [0.25, 0.3) is 0 Å². The van der Waals surface area contributed by atoms with Crippen molar-refractivity contribution in [1.82, 2.24) is 4.98 Å². The molecule has 0 bridgehead atoms. The van der Waals surface area contributed by atoms with Crippen LogP contribution in [0.2, 0.25) is 0 Å². The van der Waals surface area contributed by atoms with E-state index in [0.717, 1.165) is 5.56 Å². The summed E-state index contributed by atoms with van der Waals surface area (Å²) in [5, 5.41) is 12.0. The Morgan fingerprint density at radius 2 is 2.25 bits per heavy atom. The van der Waals surface area contributed by atoms with Gasteiger partial charge in [0.05, 0.1) is 6.10 Å². The monoisotopic (exact) mass is 234 g/mol. The second kappa shape index (κ2) is 5.21. The molecule has 2 aromatic heterocycles. The fourth-order valence-corrected chi connectivity index (χ4v) is 2.35. The number of nitrogens with zero attached hydrogens (tertiary/aromatic N) is 1. The van der Waals surface area contributed by atoms with Crippen LogP contribution in [0, 0.1) is 0 Å². The maximum atomic E-state index is 10.0. The second-order valence-electron chi connectivity index (χ2n) is 3.68. The first kappa shape index (κ1) is 11.3. The van der Waals surface area contributed by atoms with Crippen molar-refractivity contribution in [2.45, 2.75) is 18.6 Å². The van der Waals surface area contributed by atoms with Gasteiger partial charge >= 0.3 is 0 Å². The molecule has 2 rings (SSSR count). The molecule has 84 valence electrons. The van der Waals surface area contributed by atoms with Crippen molar-refractivity contribution in [2.24, 2.45) is 5.73 Å². The van der Waals surface area contributed by atoms with E-state index < -0.39 is 6.10 Å². The number of pyridine rings is 1.